The Hall–Kier alpha value is -2.42. The molecule has 0 saturated carbocycles. The number of hydrogen-bond donors (Lipinski definition) is 4. The fraction of sp³-hybridized carbons (Fsp3) is 0.881. The summed E-state index contributed by atoms with van der Waals surface area (Å²) in [7, 11) is 0. The van der Waals surface area contributed by atoms with Crippen molar-refractivity contribution in [1.82, 2.24) is 16.0 Å². The van der Waals surface area contributed by atoms with Crippen LogP contribution in [0.1, 0.15) is 163 Å². The van der Waals surface area contributed by atoms with Crippen molar-refractivity contribution in [2.24, 2.45) is 0 Å². The highest BCUT2D eigenvalue weighted by atomic mass is 32.2. The van der Waals surface area contributed by atoms with Gasteiger partial charge in [0.15, 0.2) is 0 Å². The number of aliphatic carboxylic acids is 1. The normalized spacial score (nSPS) is 11.9. The molecule has 1 unspecified atom stereocenters. The second-order valence-corrected chi connectivity index (χ2v) is 16.5. The molecule has 0 bridgehead atoms. The van der Waals surface area contributed by atoms with Crippen LogP contribution in [0.3, 0.4) is 0 Å². The molecule has 0 fully saturated rings. The first kappa shape index (κ1) is 53.6. The predicted octanol–water partition coefficient (Wildman–Crippen LogP) is 7.12. The van der Waals surface area contributed by atoms with E-state index in [1.165, 1.54) is 88.6 Å². The Morgan fingerprint density at radius 3 is 1.50 bits per heavy atom. The number of rotatable bonds is 40. The van der Waals surface area contributed by atoms with Crippen molar-refractivity contribution in [3.63, 3.8) is 0 Å². The van der Waals surface area contributed by atoms with E-state index in [0.717, 1.165) is 19.3 Å². The maximum absolute atomic E-state index is 12.4. The second-order valence-electron chi connectivity index (χ2n) is 15.3. The van der Waals surface area contributed by atoms with E-state index in [1.807, 2.05) is 0 Å². The highest BCUT2D eigenvalue weighted by molar-refractivity contribution is 7.99. The molecule has 0 heterocycles. The molecule has 0 aromatic rings. The zero-order chi connectivity index (χ0) is 41.5. The average molecular weight is 818 g/mol. The van der Waals surface area contributed by atoms with Crippen molar-refractivity contribution in [1.29, 1.82) is 0 Å². The van der Waals surface area contributed by atoms with E-state index in [9.17, 15) is 24.0 Å². The fourth-order valence-corrected chi connectivity index (χ4v) is 6.56. The minimum Gasteiger partial charge on any atom is -0.481 e. The Morgan fingerprint density at radius 1 is 0.554 bits per heavy atom. The number of carboxylic acids is 1. The summed E-state index contributed by atoms with van der Waals surface area (Å²) in [5.74, 6) is 0.0338. The third-order valence-corrected chi connectivity index (χ3v) is 9.81. The summed E-state index contributed by atoms with van der Waals surface area (Å²) in [5.41, 5.74) is -0.790. The van der Waals surface area contributed by atoms with Gasteiger partial charge in [-0.1, -0.05) is 77.6 Å². The molecule has 0 aromatic heterocycles. The van der Waals surface area contributed by atoms with Gasteiger partial charge in [0.25, 0.3) is 0 Å². The number of unbranched alkanes of at least 4 members (excludes halogenated alkanes) is 12. The van der Waals surface area contributed by atoms with Crippen molar-refractivity contribution in [3.8, 4) is 0 Å². The summed E-state index contributed by atoms with van der Waals surface area (Å²) in [5, 5.41) is 17.1. The van der Waals surface area contributed by atoms with Crippen molar-refractivity contribution in [3.05, 3.63) is 0 Å². The third kappa shape index (κ3) is 39.8. The number of carbonyl (C=O) groups is 5. The topological polar surface area (TPSA) is 179 Å². The van der Waals surface area contributed by atoms with Gasteiger partial charge in [-0.25, -0.2) is 4.79 Å². The molecule has 4 N–H and O–H groups in total. The molecule has 0 aliphatic carbocycles. The zero-order valence-corrected chi connectivity index (χ0v) is 36.3. The molecule has 0 radical (unpaired) electrons. The molecular weight excluding hydrogens is 739 g/mol. The first-order valence-corrected chi connectivity index (χ1v) is 22.7. The van der Waals surface area contributed by atoms with E-state index in [0.29, 0.717) is 65.6 Å². The van der Waals surface area contributed by atoms with Crippen LogP contribution < -0.4 is 16.0 Å². The van der Waals surface area contributed by atoms with E-state index in [2.05, 4.69) is 34.6 Å². The van der Waals surface area contributed by atoms with Crippen LogP contribution in [-0.2, 0) is 42.9 Å². The molecule has 56 heavy (non-hydrogen) atoms. The van der Waals surface area contributed by atoms with Crippen LogP contribution in [0.4, 0.5) is 0 Å². The standard InChI is InChI=1S/C42H79N3O10S/c1-5-6-7-8-9-10-11-14-17-34-56-35-18-15-12-13-16-21-37(46)43-26-19-28-52-30-32-54-33-31-53-29-20-27-44-38(47)23-24-39(48)45-36(22-25-40(49)50)41(51)55-42(2,3)4/h36H,5-35H2,1-4H3,(H,43,46)(H,44,47)(H,45,48)(H,49,50). The largest absolute Gasteiger partial charge is 0.481 e. The van der Waals surface area contributed by atoms with Crippen LogP contribution in [0.15, 0.2) is 0 Å². The Balaban J connectivity index is 3.52. The van der Waals surface area contributed by atoms with Gasteiger partial charge in [-0.15, -0.1) is 0 Å². The van der Waals surface area contributed by atoms with Crippen molar-refractivity contribution >= 4 is 41.4 Å². The molecule has 13 nitrogen and oxygen atoms in total. The average Bonchev–Trinajstić information content (AvgIpc) is 3.14. The first-order valence-electron chi connectivity index (χ1n) is 21.5. The van der Waals surface area contributed by atoms with Gasteiger partial charge in [-0.2, -0.15) is 11.8 Å². The van der Waals surface area contributed by atoms with Crippen molar-refractivity contribution in [2.75, 3.05) is 64.2 Å². The molecule has 328 valence electrons. The summed E-state index contributed by atoms with van der Waals surface area (Å²) in [6, 6.07) is -1.10. The molecule has 3 amide bonds. The number of carboxylic acid groups (broad SMARTS) is 1. The number of carbonyl (C=O) groups excluding carboxylic acids is 4. The summed E-state index contributed by atoms with van der Waals surface area (Å²) in [6.45, 7) is 11.1. The van der Waals surface area contributed by atoms with E-state index in [-0.39, 0.29) is 37.5 Å². The maximum Gasteiger partial charge on any atom is 0.329 e. The van der Waals surface area contributed by atoms with E-state index < -0.39 is 29.5 Å². The van der Waals surface area contributed by atoms with Gasteiger partial charge in [0, 0.05) is 52.0 Å². The van der Waals surface area contributed by atoms with Crippen LogP contribution in [-0.4, -0.2) is 111 Å². The summed E-state index contributed by atoms with van der Waals surface area (Å²) in [4.78, 5) is 59.8. The SMILES string of the molecule is CCCCCCCCCCCSCCCCCCCC(=O)NCCCOCCOCCOCCCNC(=O)CCC(=O)NC(CCC(=O)O)C(=O)OC(C)(C)C. The molecule has 1 atom stereocenters. The smallest absolute Gasteiger partial charge is 0.329 e. The monoisotopic (exact) mass is 818 g/mol. The summed E-state index contributed by atoms with van der Waals surface area (Å²) in [6.07, 6.45) is 19.7. The number of amides is 3. The third-order valence-electron chi connectivity index (χ3n) is 8.66. The van der Waals surface area contributed by atoms with Crippen molar-refractivity contribution in [2.45, 2.75) is 174 Å². The zero-order valence-electron chi connectivity index (χ0n) is 35.5. The lowest BCUT2D eigenvalue weighted by Gasteiger charge is -2.24. The molecule has 14 heteroatoms. The van der Waals surface area contributed by atoms with Gasteiger partial charge in [0.2, 0.25) is 17.7 Å². The predicted molar refractivity (Wildman–Crippen MR) is 224 cm³/mol. The van der Waals surface area contributed by atoms with E-state index in [4.69, 9.17) is 24.1 Å². The van der Waals surface area contributed by atoms with Gasteiger partial charge in [0.05, 0.1) is 26.4 Å². The lowest BCUT2D eigenvalue weighted by Crippen LogP contribution is -2.44. The number of hydrogen-bond acceptors (Lipinski definition) is 10. The highest BCUT2D eigenvalue weighted by Crippen LogP contribution is 2.15. The summed E-state index contributed by atoms with van der Waals surface area (Å²) >= 11 is 2.11. The molecular formula is C42H79N3O10S. The maximum atomic E-state index is 12.4. The number of thioether (sulfide) groups is 1. The Labute approximate surface area is 343 Å². The van der Waals surface area contributed by atoms with Crippen LogP contribution in [0.25, 0.3) is 0 Å². The Kier molecular flexibility index (Phi) is 36.5. The molecule has 0 aliphatic heterocycles. The van der Waals surface area contributed by atoms with Crippen LogP contribution in [0.2, 0.25) is 0 Å². The van der Waals surface area contributed by atoms with Crippen LogP contribution in [0, 0.1) is 0 Å². The lowest BCUT2D eigenvalue weighted by atomic mass is 10.1. The van der Waals surface area contributed by atoms with Gasteiger partial charge >= 0.3 is 11.9 Å². The van der Waals surface area contributed by atoms with Crippen LogP contribution in [0.5, 0.6) is 0 Å². The fourth-order valence-electron chi connectivity index (χ4n) is 5.54. The molecule has 0 spiro atoms. The van der Waals surface area contributed by atoms with Gasteiger partial charge in [-0.05, 0) is 70.8 Å². The van der Waals surface area contributed by atoms with Gasteiger partial charge in [0.1, 0.15) is 11.6 Å². The van der Waals surface area contributed by atoms with Crippen molar-refractivity contribution < 1.29 is 48.0 Å². The number of nitrogens with one attached hydrogen (secondary N) is 3. The highest BCUT2D eigenvalue weighted by Gasteiger charge is 2.27. The minimum absolute atomic E-state index is 0.0731. The van der Waals surface area contributed by atoms with Gasteiger partial charge < -0.3 is 40.0 Å². The quantitative estimate of drug-likeness (QED) is 0.0366. The Morgan fingerprint density at radius 2 is 1.00 bits per heavy atom. The van der Waals surface area contributed by atoms with Crippen LogP contribution >= 0.6 is 11.8 Å². The lowest BCUT2D eigenvalue weighted by molar-refractivity contribution is -0.159. The van der Waals surface area contributed by atoms with Gasteiger partial charge in [-0.3, -0.25) is 19.2 Å². The van der Waals surface area contributed by atoms with E-state index in [1.54, 1.807) is 20.8 Å². The molecule has 0 aliphatic rings. The molecule has 0 rings (SSSR count). The Bertz CT molecular complexity index is 1010. The first-order chi connectivity index (χ1) is 26.9. The number of esters is 1. The molecule has 0 aromatic carbocycles. The molecule has 0 saturated heterocycles. The van der Waals surface area contributed by atoms with E-state index >= 15 is 0 Å². The number of ether oxygens (including phenoxy) is 4. The summed E-state index contributed by atoms with van der Waals surface area (Å²) < 4.78 is 21.9. The second kappa shape index (κ2) is 38.1. The minimum atomic E-state index is -1.10.